The van der Waals surface area contributed by atoms with Gasteiger partial charge >= 0.3 is 0 Å². The normalized spacial score (nSPS) is 10.7. The Balaban J connectivity index is 1.54. The SMILES string of the molecule is COc1cccc2sc(N(C)CC(=O)NCCc3ccc(Cl)cc3)nc12. The number of rotatable bonds is 7. The van der Waals surface area contributed by atoms with E-state index >= 15 is 0 Å². The van der Waals surface area contributed by atoms with Crippen LogP contribution < -0.4 is 15.0 Å². The lowest BCUT2D eigenvalue weighted by Gasteiger charge is -2.15. The lowest BCUT2D eigenvalue weighted by atomic mass is 10.1. The third-order valence-electron chi connectivity index (χ3n) is 3.95. The van der Waals surface area contributed by atoms with Crippen molar-refractivity contribution < 1.29 is 9.53 Å². The van der Waals surface area contributed by atoms with Crippen molar-refractivity contribution in [2.45, 2.75) is 6.42 Å². The molecule has 0 bridgehead atoms. The quantitative estimate of drug-likeness (QED) is 0.668. The first-order valence-corrected chi connectivity index (χ1v) is 9.42. The van der Waals surface area contributed by atoms with Gasteiger partial charge in [-0.3, -0.25) is 4.79 Å². The Bertz CT molecular complexity index is 895. The van der Waals surface area contributed by atoms with Crippen LogP contribution in [0.2, 0.25) is 5.02 Å². The number of ether oxygens (including phenoxy) is 1. The molecule has 7 heteroatoms. The van der Waals surface area contributed by atoms with Gasteiger partial charge in [-0.1, -0.05) is 41.1 Å². The van der Waals surface area contributed by atoms with Crippen LogP contribution in [0.1, 0.15) is 5.56 Å². The van der Waals surface area contributed by atoms with Gasteiger partial charge in [-0.25, -0.2) is 4.98 Å². The number of amides is 1. The molecule has 0 unspecified atom stereocenters. The molecule has 2 aromatic carbocycles. The molecule has 1 heterocycles. The third kappa shape index (κ3) is 4.45. The van der Waals surface area contributed by atoms with Crippen molar-refractivity contribution in [3.8, 4) is 5.75 Å². The van der Waals surface area contributed by atoms with E-state index < -0.39 is 0 Å². The maximum absolute atomic E-state index is 12.2. The van der Waals surface area contributed by atoms with Crippen molar-refractivity contribution in [1.82, 2.24) is 10.3 Å². The number of aromatic nitrogens is 1. The molecular weight excluding hydrogens is 370 g/mol. The van der Waals surface area contributed by atoms with Gasteiger partial charge < -0.3 is 15.0 Å². The van der Waals surface area contributed by atoms with Crippen LogP contribution in [0.5, 0.6) is 5.75 Å². The number of hydrogen-bond donors (Lipinski definition) is 1. The molecule has 0 radical (unpaired) electrons. The largest absolute Gasteiger partial charge is 0.494 e. The number of carbonyl (C=O) groups excluding carboxylic acids is 1. The molecular formula is C19H20ClN3O2S. The van der Waals surface area contributed by atoms with E-state index in [9.17, 15) is 4.79 Å². The fourth-order valence-corrected chi connectivity index (χ4v) is 3.65. The van der Waals surface area contributed by atoms with E-state index in [1.165, 1.54) is 0 Å². The van der Waals surface area contributed by atoms with E-state index in [0.29, 0.717) is 11.6 Å². The van der Waals surface area contributed by atoms with Crippen LogP contribution in [-0.4, -0.2) is 38.1 Å². The van der Waals surface area contributed by atoms with Crippen molar-refractivity contribution in [2.75, 3.05) is 32.1 Å². The van der Waals surface area contributed by atoms with E-state index in [2.05, 4.69) is 10.3 Å². The number of carbonyl (C=O) groups is 1. The van der Waals surface area contributed by atoms with E-state index in [-0.39, 0.29) is 12.5 Å². The van der Waals surface area contributed by atoms with Crippen LogP contribution in [0.3, 0.4) is 0 Å². The van der Waals surface area contributed by atoms with Gasteiger partial charge in [-0.15, -0.1) is 0 Å². The van der Waals surface area contributed by atoms with Gasteiger partial charge in [0, 0.05) is 18.6 Å². The predicted molar refractivity (Wildman–Crippen MR) is 108 cm³/mol. The summed E-state index contributed by atoms with van der Waals surface area (Å²) in [5.74, 6) is 0.707. The number of likely N-dealkylation sites (N-methyl/N-ethyl adjacent to an activating group) is 1. The summed E-state index contributed by atoms with van der Waals surface area (Å²) < 4.78 is 6.38. The van der Waals surface area contributed by atoms with Gasteiger partial charge in [-0.05, 0) is 36.2 Å². The number of para-hydroxylation sites is 1. The van der Waals surface area contributed by atoms with Crippen LogP contribution in [-0.2, 0) is 11.2 Å². The lowest BCUT2D eigenvalue weighted by Crippen LogP contribution is -2.36. The fraction of sp³-hybridized carbons (Fsp3) is 0.263. The van der Waals surface area contributed by atoms with Crippen molar-refractivity contribution >= 4 is 44.2 Å². The Morgan fingerprint density at radius 1 is 1.27 bits per heavy atom. The van der Waals surface area contributed by atoms with Gasteiger partial charge in [0.05, 0.1) is 18.4 Å². The molecule has 5 nitrogen and oxygen atoms in total. The monoisotopic (exact) mass is 389 g/mol. The smallest absolute Gasteiger partial charge is 0.239 e. The molecule has 0 aliphatic heterocycles. The Kier molecular flexibility index (Phi) is 5.96. The standard InChI is InChI=1S/C19H20ClN3O2S/c1-23(19-22-18-15(25-2)4-3-5-16(18)26-19)12-17(24)21-11-10-13-6-8-14(20)9-7-13/h3-9H,10-12H2,1-2H3,(H,21,24). The number of nitrogens with one attached hydrogen (secondary N) is 1. The molecule has 3 aromatic rings. The molecule has 0 aliphatic rings. The Morgan fingerprint density at radius 3 is 2.77 bits per heavy atom. The van der Waals surface area contributed by atoms with Crippen LogP contribution >= 0.6 is 22.9 Å². The van der Waals surface area contributed by atoms with Gasteiger partial charge in [0.25, 0.3) is 0 Å². The predicted octanol–water partition coefficient (Wildman–Crippen LogP) is 3.75. The highest BCUT2D eigenvalue weighted by Crippen LogP contribution is 2.33. The molecule has 136 valence electrons. The molecule has 0 spiro atoms. The molecule has 26 heavy (non-hydrogen) atoms. The number of anilines is 1. The highest BCUT2D eigenvalue weighted by molar-refractivity contribution is 7.22. The minimum absolute atomic E-state index is 0.0346. The molecule has 1 N–H and O–H groups in total. The summed E-state index contributed by atoms with van der Waals surface area (Å²) in [5, 5.41) is 4.45. The zero-order valence-electron chi connectivity index (χ0n) is 14.7. The van der Waals surface area contributed by atoms with Crippen molar-refractivity contribution in [3.63, 3.8) is 0 Å². The average molecular weight is 390 g/mol. The maximum Gasteiger partial charge on any atom is 0.239 e. The van der Waals surface area contributed by atoms with Gasteiger partial charge in [0.2, 0.25) is 5.91 Å². The molecule has 0 aliphatic carbocycles. The molecule has 3 rings (SSSR count). The molecule has 1 amide bonds. The first-order chi connectivity index (χ1) is 12.6. The number of hydrogen-bond acceptors (Lipinski definition) is 5. The highest BCUT2D eigenvalue weighted by Gasteiger charge is 2.14. The second-order valence-corrected chi connectivity index (χ2v) is 7.33. The third-order valence-corrected chi connectivity index (χ3v) is 5.33. The van der Waals surface area contributed by atoms with E-state index in [1.54, 1.807) is 18.4 Å². The van der Waals surface area contributed by atoms with E-state index in [1.807, 2.05) is 54.4 Å². The Labute approximate surface area is 161 Å². The number of benzene rings is 2. The minimum Gasteiger partial charge on any atom is -0.494 e. The van der Waals surface area contributed by atoms with Gasteiger partial charge in [0.15, 0.2) is 5.13 Å². The number of methoxy groups -OCH3 is 1. The molecule has 1 aromatic heterocycles. The molecule has 0 atom stereocenters. The summed E-state index contributed by atoms with van der Waals surface area (Å²) in [6.45, 7) is 0.838. The van der Waals surface area contributed by atoms with Crippen molar-refractivity contribution in [1.29, 1.82) is 0 Å². The summed E-state index contributed by atoms with van der Waals surface area (Å²) in [6, 6.07) is 13.5. The summed E-state index contributed by atoms with van der Waals surface area (Å²) >= 11 is 7.41. The van der Waals surface area contributed by atoms with E-state index in [4.69, 9.17) is 16.3 Å². The number of nitrogens with zero attached hydrogens (tertiary/aromatic N) is 2. The molecule has 0 fully saturated rings. The van der Waals surface area contributed by atoms with Crippen LogP contribution in [0.15, 0.2) is 42.5 Å². The second-order valence-electron chi connectivity index (χ2n) is 5.89. The van der Waals surface area contributed by atoms with Crippen LogP contribution in [0.4, 0.5) is 5.13 Å². The summed E-state index contributed by atoms with van der Waals surface area (Å²) in [4.78, 5) is 18.6. The lowest BCUT2D eigenvalue weighted by molar-refractivity contribution is -0.119. The topological polar surface area (TPSA) is 54.5 Å². The van der Waals surface area contributed by atoms with Gasteiger partial charge in [-0.2, -0.15) is 0 Å². The fourth-order valence-electron chi connectivity index (χ4n) is 2.58. The number of halogens is 1. The van der Waals surface area contributed by atoms with Crippen molar-refractivity contribution in [2.24, 2.45) is 0 Å². The van der Waals surface area contributed by atoms with E-state index in [0.717, 1.165) is 33.1 Å². The average Bonchev–Trinajstić information content (AvgIpc) is 3.08. The first kappa shape index (κ1) is 18.5. The zero-order valence-corrected chi connectivity index (χ0v) is 16.2. The van der Waals surface area contributed by atoms with Crippen LogP contribution in [0.25, 0.3) is 10.2 Å². The van der Waals surface area contributed by atoms with Gasteiger partial charge in [0.1, 0.15) is 11.3 Å². The van der Waals surface area contributed by atoms with Crippen LogP contribution in [0, 0.1) is 0 Å². The Morgan fingerprint density at radius 2 is 2.04 bits per heavy atom. The minimum atomic E-state index is -0.0346. The molecule has 0 saturated carbocycles. The zero-order chi connectivity index (χ0) is 18.5. The number of thiazole rings is 1. The summed E-state index contributed by atoms with van der Waals surface area (Å²) in [6.07, 6.45) is 0.769. The van der Waals surface area contributed by atoms with Crippen molar-refractivity contribution in [3.05, 3.63) is 53.1 Å². The summed E-state index contributed by atoms with van der Waals surface area (Å²) in [5.41, 5.74) is 1.96. The summed E-state index contributed by atoms with van der Waals surface area (Å²) in [7, 11) is 3.49. The first-order valence-electron chi connectivity index (χ1n) is 8.22. The highest BCUT2D eigenvalue weighted by atomic mass is 35.5. The second kappa shape index (κ2) is 8.38. The maximum atomic E-state index is 12.2. The number of fused-ring (bicyclic) bond motifs is 1. The Hall–Kier alpha value is -2.31. The molecule has 0 saturated heterocycles.